The number of aliphatic hydroxyl groups excluding tert-OH is 1. The van der Waals surface area contributed by atoms with Crippen molar-refractivity contribution in [3.05, 3.63) is 29.3 Å². The number of fused-ring (bicyclic) bond motifs is 1. The van der Waals surface area contributed by atoms with Crippen molar-refractivity contribution in [1.29, 1.82) is 0 Å². The molecule has 3 nitrogen and oxygen atoms in total. The maximum Gasteiger partial charge on any atom is 0.115 e. The zero-order chi connectivity index (χ0) is 8.97. The van der Waals surface area contributed by atoms with E-state index in [0.29, 0.717) is 5.75 Å². The summed E-state index contributed by atoms with van der Waals surface area (Å²) in [5, 5.41) is 19.3. The molecule has 1 heterocycles. The van der Waals surface area contributed by atoms with Crippen LogP contribution in [-0.2, 0) is 13.1 Å². The van der Waals surface area contributed by atoms with Gasteiger partial charge in [0, 0.05) is 20.2 Å². The Kier molecular flexibility index (Phi) is 3.08. The number of phenols is 1. The number of phenolic OH excluding ortho intramolecular Hbond substituents is 1. The fourth-order valence-corrected chi connectivity index (χ4v) is 1.28. The third kappa shape index (κ3) is 1.75. The van der Waals surface area contributed by atoms with Crippen LogP contribution < -0.4 is 5.32 Å². The van der Waals surface area contributed by atoms with Gasteiger partial charge in [-0.2, -0.15) is 0 Å². The Morgan fingerprint density at radius 2 is 1.83 bits per heavy atom. The lowest BCUT2D eigenvalue weighted by atomic mass is 10.1. The number of hydrogen-bond acceptors (Lipinski definition) is 3. The molecule has 0 saturated carbocycles. The van der Waals surface area contributed by atoms with E-state index >= 15 is 0 Å². The zero-order valence-electron chi connectivity index (χ0n) is 7.04. The normalized spacial score (nSPS) is 13.2. The Morgan fingerprint density at radius 3 is 2.58 bits per heavy atom. The quantitative estimate of drug-likeness (QED) is 0.530. The minimum atomic E-state index is 0.363. The fourth-order valence-electron chi connectivity index (χ4n) is 1.28. The van der Waals surface area contributed by atoms with E-state index in [1.807, 2.05) is 12.1 Å². The molecule has 0 unspecified atom stereocenters. The molecule has 2 rings (SSSR count). The van der Waals surface area contributed by atoms with E-state index in [-0.39, 0.29) is 0 Å². The summed E-state index contributed by atoms with van der Waals surface area (Å²) < 4.78 is 0. The third-order valence-electron chi connectivity index (χ3n) is 1.82. The van der Waals surface area contributed by atoms with Crippen molar-refractivity contribution in [1.82, 2.24) is 5.32 Å². The molecule has 1 aromatic rings. The van der Waals surface area contributed by atoms with Crippen LogP contribution in [0.5, 0.6) is 5.75 Å². The second-order valence-corrected chi connectivity index (χ2v) is 2.56. The monoisotopic (exact) mass is 167 g/mol. The lowest BCUT2D eigenvalue weighted by molar-refractivity contribution is 0.399. The lowest BCUT2D eigenvalue weighted by Crippen LogP contribution is -1.99. The standard InChI is InChI=1S/C8H9NO.CH4O/c10-8-2-1-6-4-9-5-7(6)3-8;1-2/h1-3,9-10H,4-5H2;2H,1H3. The van der Waals surface area contributed by atoms with Crippen LogP contribution in [0.25, 0.3) is 0 Å². The van der Waals surface area contributed by atoms with Gasteiger partial charge in [-0.15, -0.1) is 0 Å². The summed E-state index contributed by atoms with van der Waals surface area (Å²) in [5.74, 6) is 0.363. The van der Waals surface area contributed by atoms with E-state index < -0.39 is 0 Å². The van der Waals surface area contributed by atoms with Crippen molar-refractivity contribution < 1.29 is 10.2 Å². The van der Waals surface area contributed by atoms with Crippen molar-refractivity contribution in [3.8, 4) is 5.75 Å². The van der Waals surface area contributed by atoms with Gasteiger partial charge < -0.3 is 15.5 Å². The first-order chi connectivity index (χ1) is 5.86. The van der Waals surface area contributed by atoms with E-state index in [2.05, 4.69) is 5.32 Å². The van der Waals surface area contributed by atoms with Crippen LogP contribution in [0, 0.1) is 0 Å². The van der Waals surface area contributed by atoms with Crippen molar-refractivity contribution in [2.45, 2.75) is 13.1 Å². The highest BCUT2D eigenvalue weighted by atomic mass is 16.3. The Balaban J connectivity index is 0.000000336. The molecule has 1 aliphatic rings. The number of hydrogen-bond donors (Lipinski definition) is 3. The number of rotatable bonds is 0. The van der Waals surface area contributed by atoms with E-state index in [1.165, 1.54) is 11.1 Å². The molecule has 0 saturated heterocycles. The van der Waals surface area contributed by atoms with Gasteiger partial charge in [-0.3, -0.25) is 0 Å². The van der Waals surface area contributed by atoms with Gasteiger partial charge >= 0.3 is 0 Å². The molecule has 12 heavy (non-hydrogen) atoms. The second-order valence-electron chi connectivity index (χ2n) is 2.56. The predicted molar refractivity (Wildman–Crippen MR) is 46.8 cm³/mol. The van der Waals surface area contributed by atoms with Crippen LogP contribution in [0.4, 0.5) is 0 Å². The van der Waals surface area contributed by atoms with Gasteiger partial charge in [0.05, 0.1) is 0 Å². The Bertz CT molecular complexity index is 261. The average Bonchev–Trinajstić information content (AvgIpc) is 2.54. The van der Waals surface area contributed by atoms with Gasteiger partial charge in [-0.05, 0) is 23.3 Å². The van der Waals surface area contributed by atoms with Crippen LogP contribution in [0.1, 0.15) is 11.1 Å². The maximum absolute atomic E-state index is 9.07. The molecule has 0 fully saturated rings. The molecule has 66 valence electrons. The first-order valence-electron chi connectivity index (χ1n) is 3.82. The lowest BCUT2D eigenvalue weighted by Gasteiger charge is -1.96. The van der Waals surface area contributed by atoms with Gasteiger partial charge in [0.2, 0.25) is 0 Å². The summed E-state index contributed by atoms with van der Waals surface area (Å²) in [6.45, 7) is 1.83. The van der Waals surface area contributed by atoms with Gasteiger partial charge in [0.25, 0.3) is 0 Å². The molecule has 0 bridgehead atoms. The molecule has 3 heteroatoms. The number of nitrogens with one attached hydrogen (secondary N) is 1. The molecule has 0 aliphatic carbocycles. The first-order valence-corrected chi connectivity index (χ1v) is 3.82. The predicted octanol–water partition coefficient (Wildman–Crippen LogP) is 0.604. The summed E-state index contributed by atoms with van der Waals surface area (Å²) in [6, 6.07) is 5.51. The SMILES string of the molecule is CO.Oc1ccc2c(c1)CNC2. The molecular formula is C9H13NO2. The largest absolute Gasteiger partial charge is 0.508 e. The summed E-state index contributed by atoms with van der Waals surface area (Å²) in [5.41, 5.74) is 2.53. The van der Waals surface area contributed by atoms with Crippen molar-refractivity contribution in [2.75, 3.05) is 7.11 Å². The number of benzene rings is 1. The van der Waals surface area contributed by atoms with Crippen LogP contribution in [0.3, 0.4) is 0 Å². The second kappa shape index (κ2) is 4.09. The molecule has 0 spiro atoms. The summed E-state index contributed by atoms with van der Waals surface area (Å²) in [4.78, 5) is 0. The molecule has 0 aromatic heterocycles. The number of aromatic hydroxyl groups is 1. The van der Waals surface area contributed by atoms with E-state index in [4.69, 9.17) is 10.2 Å². The van der Waals surface area contributed by atoms with Crippen molar-refractivity contribution in [3.63, 3.8) is 0 Å². The summed E-state index contributed by atoms with van der Waals surface area (Å²) in [6.07, 6.45) is 0. The Hall–Kier alpha value is -1.06. The van der Waals surface area contributed by atoms with Gasteiger partial charge in [0.1, 0.15) is 5.75 Å². The van der Waals surface area contributed by atoms with Crippen molar-refractivity contribution in [2.24, 2.45) is 0 Å². The highest BCUT2D eigenvalue weighted by molar-refractivity contribution is 5.36. The highest BCUT2D eigenvalue weighted by Gasteiger charge is 2.08. The average molecular weight is 167 g/mol. The van der Waals surface area contributed by atoms with E-state index in [9.17, 15) is 0 Å². The molecule has 1 aromatic carbocycles. The summed E-state index contributed by atoms with van der Waals surface area (Å²) >= 11 is 0. The minimum Gasteiger partial charge on any atom is -0.508 e. The fraction of sp³-hybridized carbons (Fsp3) is 0.333. The molecule has 3 N–H and O–H groups in total. The molecule has 1 aliphatic heterocycles. The van der Waals surface area contributed by atoms with Crippen molar-refractivity contribution >= 4 is 0 Å². The van der Waals surface area contributed by atoms with Crippen LogP contribution in [0.2, 0.25) is 0 Å². The van der Waals surface area contributed by atoms with E-state index in [0.717, 1.165) is 20.2 Å². The molecular weight excluding hydrogens is 154 g/mol. The van der Waals surface area contributed by atoms with Gasteiger partial charge in [-0.25, -0.2) is 0 Å². The smallest absolute Gasteiger partial charge is 0.115 e. The van der Waals surface area contributed by atoms with Crippen LogP contribution in [-0.4, -0.2) is 17.3 Å². The minimum absolute atomic E-state index is 0.363. The summed E-state index contributed by atoms with van der Waals surface area (Å²) in [7, 11) is 1.00. The van der Waals surface area contributed by atoms with E-state index in [1.54, 1.807) is 6.07 Å². The van der Waals surface area contributed by atoms with Gasteiger partial charge in [-0.1, -0.05) is 6.07 Å². The Labute approximate surface area is 71.7 Å². The maximum atomic E-state index is 9.07. The van der Waals surface area contributed by atoms with Gasteiger partial charge in [0.15, 0.2) is 0 Å². The molecule has 0 amide bonds. The topological polar surface area (TPSA) is 52.5 Å². The highest BCUT2D eigenvalue weighted by Crippen LogP contribution is 2.19. The molecule has 0 radical (unpaired) electrons. The molecule has 0 atom stereocenters. The third-order valence-corrected chi connectivity index (χ3v) is 1.82. The van der Waals surface area contributed by atoms with Crippen LogP contribution in [0.15, 0.2) is 18.2 Å². The van der Waals surface area contributed by atoms with Crippen LogP contribution >= 0.6 is 0 Å². The first kappa shape index (κ1) is 9.03. The number of aliphatic hydroxyl groups is 1. The Morgan fingerprint density at radius 1 is 1.17 bits per heavy atom. The zero-order valence-corrected chi connectivity index (χ0v) is 7.04.